The van der Waals surface area contributed by atoms with E-state index in [1.165, 1.54) is 0 Å². The summed E-state index contributed by atoms with van der Waals surface area (Å²) in [5.41, 5.74) is 3.41. The Hall–Kier alpha value is -3.40. The van der Waals surface area contributed by atoms with E-state index in [0.29, 0.717) is 16.7 Å². The predicted octanol–water partition coefficient (Wildman–Crippen LogP) is 4.27. The van der Waals surface area contributed by atoms with E-state index in [-0.39, 0.29) is 5.56 Å². The largest absolute Gasteiger partial charge is 0.497 e. The van der Waals surface area contributed by atoms with Gasteiger partial charge in [0.2, 0.25) is 0 Å². The Balaban J connectivity index is 1.94. The lowest BCUT2D eigenvalue weighted by molar-refractivity contribution is 0.415. The Kier molecular flexibility index (Phi) is 3.78. The van der Waals surface area contributed by atoms with Crippen LogP contribution >= 0.6 is 0 Å². The normalized spacial score (nSPS) is 10.8. The summed E-state index contributed by atoms with van der Waals surface area (Å²) in [6, 6.07) is 23.1. The van der Waals surface area contributed by atoms with Crippen molar-refractivity contribution in [3.63, 3.8) is 0 Å². The molecule has 0 aliphatic carbocycles. The summed E-state index contributed by atoms with van der Waals surface area (Å²) < 4.78 is 5.33. The minimum atomic E-state index is -0.138. The first-order valence-electron chi connectivity index (χ1n) is 7.99. The lowest BCUT2D eigenvalue weighted by Crippen LogP contribution is -2.09. The van der Waals surface area contributed by atoms with Crippen LogP contribution in [-0.2, 0) is 0 Å². The Bertz CT molecular complexity index is 1120. The first-order chi connectivity index (χ1) is 12.3. The molecule has 0 atom stereocenters. The molecule has 25 heavy (non-hydrogen) atoms. The molecule has 0 saturated heterocycles. The maximum Gasteiger partial charge on any atom is 0.259 e. The number of nitrogens with zero attached hydrogens (tertiary/aromatic N) is 1. The zero-order valence-electron chi connectivity index (χ0n) is 13.7. The van der Waals surface area contributed by atoms with Crippen LogP contribution < -0.4 is 10.3 Å². The average Bonchev–Trinajstić information content (AvgIpc) is 2.68. The highest BCUT2D eigenvalue weighted by Crippen LogP contribution is 2.31. The fourth-order valence-corrected chi connectivity index (χ4v) is 2.95. The van der Waals surface area contributed by atoms with Gasteiger partial charge in [-0.1, -0.05) is 48.5 Å². The number of aromatic amines is 1. The number of fused-ring (bicyclic) bond motifs is 1. The van der Waals surface area contributed by atoms with E-state index in [2.05, 4.69) is 9.97 Å². The predicted molar refractivity (Wildman–Crippen MR) is 99.8 cm³/mol. The van der Waals surface area contributed by atoms with Crippen molar-refractivity contribution in [2.75, 3.05) is 7.11 Å². The van der Waals surface area contributed by atoms with Crippen LogP contribution in [0.4, 0.5) is 0 Å². The number of hydrogen-bond acceptors (Lipinski definition) is 3. The summed E-state index contributed by atoms with van der Waals surface area (Å²) in [5, 5.41) is 0.588. The summed E-state index contributed by atoms with van der Waals surface area (Å²) in [4.78, 5) is 20.0. The minimum Gasteiger partial charge on any atom is -0.497 e. The maximum atomic E-state index is 12.4. The second kappa shape index (κ2) is 6.24. The number of aromatic nitrogens is 2. The lowest BCUT2D eigenvalue weighted by Gasteiger charge is -2.11. The van der Waals surface area contributed by atoms with Crippen molar-refractivity contribution >= 4 is 10.9 Å². The summed E-state index contributed by atoms with van der Waals surface area (Å²) in [6.45, 7) is 0. The van der Waals surface area contributed by atoms with Crippen LogP contribution in [0.2, 0.25) is 0 Å². The molecule has 3 aromatic carbocycles. The molecule has 4 aromatic rings. The molecule has 0 bridgehead atoms. The molecule has 0 unspecified atom stereocenters. The lowest BCUT2D eigenvalue weighted by atomic mass is 9.99. The topological polar surface area (TPSA) is 55.0 Å². The number of rotatable bonds is 3. The second-order valence-electron chi connectivity index (χ2n) is 5.71. The van der Waals surface area contributed by atoms with Gasteiger partial charge in [-0.25, -0.2) is 4.98 Å². The van der Waals surface area contributed by atoms with E-state index in [1.54, 1.807) is 13.2 Å². The van der Waals surface area contributed by atoms with E-state index in [4.69, 9.17) is 4.74 Å². The fourth-order valence-electron chi connectivity index (χ4n) is 2.95. The van der Waals surface area contributed by atoms with Crippen molar-refractivity contribution < 1.29 is 4.74 Å². The molecule has 0 radical (unpaired) electrons. The van der Waals surface area contributed by atoms with Gasteiger partial charge in [0.05, 0.1) is 18.0 Å². The highest BCUT2D eigenvalue weighted by atomic mass is 16.5. The highest BCUT2D eigenvalue weighted by Gasteiger charge is 2.11. The smallest absolute Gasteiger partial charge is 0.259 e. The number of H-pyrrole nitrogens is 1. The van der Waals surface area contributed by atoms with Crippen molar-refractivity contribution in [3.8, 4) is 28.3 Å². The van der Waals surface area contributed by atoms with Gasteiger partial charge in [-0.2, -0.15) is 0 Å². The van der Waals surface area contributed by atoms with Gasteiger partial charge in [-0.3, -0.25) is 4.79 Å². The van der Waals surface area contributed by atoms with E-state index in [1.807, 2.05) is 66.7 Å². The van der Waals surface area contributed by atoms with E-state index < -0.39 is 0 Å². The van der Waals surface area contributed by atoms with Crippen molar-refractivity contribution in [1.82, 2.24) is 9.97 Å². The first kappa shape index (κ1) is 15.1. The van der Waals surface area contributed by atoms with Crippen LogP contribution in [0.25, 0.3) is 33.4 Å². The van der Waals surface area contributed by atoms with Crippen LogP contribution in [0.5, 0.6) is 5.75 Å². The van der Waals surface area contributed by atoms with Crippen LogP contribution in [0.3, 0.4) is 0 Å². The minimum absolute atomic E-state index is 0.138. The molecule has 1 heterocycles. The van der Waals surface area contributed by atoms with Crippen molar-refractivity contribution in [1.29, 1.82) is 0 Å². The Morgan fingerprint density at radius 3 is 2.48 bits per heavy atom. The zero-order chi connectivity index (χ0) is 17.2. The van der Waals surface area contributed by atoms with Crippen molar-refractivity contribution in [2.45, 2.75) is 0 Å². The molecule has 4 nitrogen and oxygen atoms in total. The number of ether oxygens (including phenoxy) is 1. The average molecular weight is 328 g/mol. The fraction of sp³-hybridized carbons (Fsp3) is 0.0476. The van der Waals surface area contributed by atoms with E-state index in [9.17, 15) is 4.79 Å². The quantitative estimate of drug-likeness (QED) is 0.611. The highest BCUT2D eigenvalue weighted by molar-refractivity contribution is 5.84. The van der Waals surface area contributed by atoms with E-state index in [0.717, 1.165) is 22.4 Å². The molecule has 0 aliphatic heterocycles. The molecular weight excluding hydrogens is 312 g/mol. The summed E-state index contributed by atoms with van der Waals surface area (Å²) in [6.07, 6.45) is 0. The second-order valence-corrected chi connectivity index (χ2v) is 5.71. The molecule has 1 N–H and O–H groups in total. The third-order valence-electron chi connectivity index (χ3n) is 4.18. The summed E-state index contributed by atoms with van der Waals surface area (Å²) in [7, 11) is 1.65. The van der Waals surface area contributed by atoms with E-state index >= 15 is 0 Å². The van der Waals surface area contributed by atoms with Gasteiger partial charge >= 0.3 is 0 Å². The molecule has 0 spiro atoms. The molecular formula is C21H16N2O2. The Morgan fingerprint density at radius 1 is 0.880 bits per heavy atom. The van der Waals surface area contributed by atoms with Crippen molar-refractivity contribution in [3.05, 3.63) is 83.2 Å². The molecule has 4 rings (SSSR count). The zero-order valence-corrected chi connectivity index (χ0v) is 13.7. The number of para-hydroxylation sites is 1. The first-order valence-corrected chi connectivity index (χ1v) is 7.99. The van der Waals surface area contributed by atoms with Gasteiger partial charge in [0.1, 0.15) is 11.6 Å². The van der Waals surface area contributed by atoms with Gasteiger partial charge < -0.3 is 9.72 Å². The van der Waals surface area contributed by atoms with Crippen molar-refractivity contribution in [2.24, 2.45) is 0 Å². The van der Waals surface area contributed by atoms with Gasteiger partial charge in [-0.05, 0) is 35.4 Å². The summed E-state index contributed by atoms with van der Waals surface area (Å²) >= 11 is 0. The number of benzene rings is 3. The third-order valence-corrected chi connectivity index (χ3v) is 4.18. The third kappa shape index (κ3) is 2.78. The van der Waals surface area contributed by atoms with Crippen LogP contribution in [0, 0.1) is 0 Å². The van der Waals surface area contributed by atoms with Crippen LogP contribution in [-0.4, -0.2) is 17.1 Å². The number of nitrogens with one attached hydrogen (secondary N) is 1. The molecule has 4 heteroatoms. The Labute approximate surface area is 144 Å². The number of hydrogen-bond donors (Lipinski definition) is 1. The maximum absolute atomic E-state index is 12.4. The monoisotopic (exact) mass is 328 g/mol. The van der Waals surface area contributed by atoms with Gasteiger partial charge in [0.25, 0.3) is 5.56 Å². The standard InChI is InChI=1S/C21H16N2O2/c1-25-15-8-6-7-14(13-15)16-9-2-3-10-17(16)20-22-19-12-5-4-11-18(19)21(24)23-20/h2-13H,1H3,(H,22,23,24). The van der Waals surface area contributed by atoms with Crippen LogP contribution in [0.15, 0.2) is 77.6 Å². The summed E-state index contributed by atoms with van der Waals surface area (Å²) in [5.74, 6) is 1.34. The van der Waals surface area contributed by atoms with Gasteiger partial charge in [0, 0.05) is 5.56 Å². The Morgan fingerprint density at radius 2 is 1.64 bits per heavy atom. The molecule has 0 saturated carbocycles. The molecule has 0 fully saturated rings. The SMILES string of the molecule is COc1cccc(-c2ccccc2-c2nc3ccccc3c(=O)[nH]2)c1. The molecule has 0 aliphatic rings. The van der Waals surface area contributed by atoms with Gasteiger partial charge in [0.15, 0.2) is 0 Å². The molecule has 0 amide bonds. The van der Waals surface area contributed by atoms with Crippen LogP contribution in [0.1, 0.15) is 0 Å². The molecule has 122 valence electrons. The molecule has 1 aromatic heterocycles. The number of methoxy groups -OCH3 is 1. The van der Waals surface area contributed by atoms with Gasteiger partial charge in [-0.15, -0.1) is 0 Å².